The van der Waals surface area contributed by atoms with Crippen LogP contribution in [0, 0.1) is 13.8 Å². The number of hydrogen-bond donors (Lipinski definition) is 1. The van der Waals surface area contributed by atoms with Crippen LogP contribution in [0.5, 0.6) is 11.5 Å². The number of hydrogen-bond acceptors (Lipinski definition) is 4. The minimum atomic E-state index is -0.0990. The molecule has 0 saturated carbocycles. The summed E-state index contributed by atoms with van der Waals surface area (Å²) in [6.45, 7) is 6.14. The topological polar surface area (TPSA) is 65.4 Å². The Labute approximate surface area is 213 Å². The molecule has 0 bridgehead atoms. The zero-order valence-corrected chi connectivity index (χ0v) is 21.4. The van der Waals surface area contributed by atoms with Gasteiger partial charge in [0, 0.05) is 13.0 Å². The van der Waals surface area contributed by atoms with E-state index in [-0.39, 0.29) is 5.91 Å². The molecule has 6 nitrogen and oxygen atoms in total. The molecule has 0 radical (unpaired) electrons. The molecule has 0 unspecified atom stereocenters. The number of para-hydroxylation sites is 4. The van der Waals surface area contributed by atoms with Crippen LogP contribution in [0.4, 0.5) is 0 Å². The maximum Gasteiger partial charge on any atom is 0.255 e. The molecule has 3 aromatic carbocycles. The van der Waals surface area contributed by atoms with Crippen LogP contribution in [0.15, 0.2) is 66.7 Å². The SMILES string of the molecule is COc1ccccc1C(=O)NCCCCCc1nc2ccccc2n1CCOc1c(C)cccc1C. The fraction of sp³-hybridized carbons (Fsp3) is 0.333. The number of benzene rings is 3. The third-order valence-corrected chi connectivity index (χ3v) is 6.42. The Balaban J connectivity index is 1.29. The van der Waals surface area contributed by atoms with Crippen molar-refractivity contribution in [2.45, 2.75) is 46.1 Å². The lowest BCUT2D eigenvalue weighted by Crippen LogP contribution is -2.24. The summed E-state index contributed by atoms with van der Waals surface area (Å²) in [7, 11) is 1.58. The molecule has 4 rings (SSSR count). The van der Waals surface area contributed by atoms with E-state index in [1.54, 1.807) is 19.2 Å². The van der Waals surface area contributed by atoms with Crippen LogP contribution in [0.3, 0.4) is 0 Å². The lowest BCUT2D eigenvalue weighted by Gasteiger charge is -2.14. The molecule has 1 N–H and O–H groups in total. The van der Waals surface area contributed by atoms with E-state index in [0.717, 1.165) is 66.0 Å². The molecule has 0 aliphatic heterocycles. The highest BCUT2D eigenvalue weighted by Crippen LogP contribution is 2.23. The lowest BCUT2D eigenvalue weighted by atomic mass is 10.1. The number of amides is 1. The maximum atomic E-state index is 12.5. The van der Waals surface area contributed by atoms with Crippen molar-refractivity contribution >= 4 is 16.9 Å². The molecule has 0 spiro atoms. The van der Waals surface area contributed by atoms with Gasteiger partial charge in [-0.05, 0) is 62.1 Å². The zero-order chi connectivity index (χ0) is 25.3. The van der Waals surface area contributed by atoms with Crippen LogP contribution in [0.2, 0.25) is 0 Å². The molecule has 36 heavy (non-hydrogen) atoms. The van der Waals surface area contributed by atoms with Crippen LogP contribution in [-0.4, -0.2) is 35.7 Å². The number of nitrogens with one attached hydrogen (secondary N) is 1. The van der Waals surface area contributed by atoms with Crippen molar-refractivity contribution in [2.75, 3.05) is 20.3 Å². The van der Waals surface area contributed by atoms with Crippen molar-refractivity contribution in [1.29, 1.82) is 0 Å². The Bertz CT molecular complexity index is 1290. The van der Waals surface area contributed by atoms with Gasteiger partial charge in [0.15, 0.2) is 0 Å². The number of rotatable bonds is 12. The Morgan fingerprint density at radius 1 is 0.917 bits per heavy atom. The molecule has 0 aliphatic carbocycles. The van der Waals surface area contributed by atoms with Crippen LogP contribution >= 0.6 is 0 Å². The van der Waals surface area contributed by atoms with Gasteiger partial charge >= 0.3 is 0 Å². The first-order valence-electron chi connectivity index (χ1n) is 12.6. The number of unbranched alkanes of at least 4 members (excludes halogenated alkanes) is 2. The Kier molecular flexibility index (Phi) is 8.61. The fourth-order valence-corrected chi connectivity index (χ4v) is 4.55. The van der Waals surface area contributed by atoms with E-state index in [1.807, 2.05) is 18.2 Å². The first kappa shape index (κ1) is 25.3. The average Bonchev–Trinajstić information content (AvgIpc) is 3.25. The van der Waals surface area contributed by atoms with Gasteiger partial charge in [0.25, 0.3) is 5.91 Å². The van der Waals surface area contributed by atoms with Gasteiger partial charge in [-0.2, -0.15) is 0 Å². The second-order valence-electron chi connectivity index (χ2n) is 9.00. The molecule has 6 heteroatoms. The molecule has 0 fully saturated rings. The minimum absolute atomic E-state index is 0.0990. The van der Waals surface area contributed by atoms with Crippen LogP contribution in [0.1, 0.15) is 46.6 Å². The number of carbonyl (C=O) groups is 1. The molecular weight excluding hydrogens is 450 g/mol. The van der Waals surface area contributed by atoms with Gasteiger partial charge in [-0.15, -0.1) is 0 Å². The summed E-state index contributed by atoms with van der Waals surface area (Å²) in [5.41, 5.74) is 5.04. The number of methoxy groups -OCH3 is 1. The number of aryl methyl sites for hydroxylation is 3. The molecule has 188 valence electrons. The molecule has 0 saturated heterocycles. The monoisotopic (exact) mass is 485 g/mol. The van der Waals surface area contributed by atoms with Crippen molar-refractivity contribution in [2.24, 2.45) is 0 Å². The largest absolute Gasteiger partial charge is 0.496 e. The Morgan fingerprint density at radius 2 is 1.67 bits per heavy atom. The summed E-state index contributed by atoms with van der Waals surface area (Å²) in [5, 5.41) is 3.00. The van der Waals surface area contributed by atoms with Gasteiger partial charge in [-0.1, -0.05) is 48.9 Å². The number of imidazole rings is 1. The van der Waals surface area contributed by atoms with E-state index in [0.29, 0.717) is 24.5 Å². The normalized spacial score (nSPS) is 11.0. The van der Waals surface area contributed by atoms with E-state index >= 15 is 0 Å². The quantitative estimate of drug-likeness (QED) is 0.254. The van der Waals surface area contributed by atoms with E-state index in [4.69, 9.17) is 14.5 Å². The van der Waals surface area contributed by atoms with Gasteiger partial charge in [-0.25, -0.2) is 4.98 Å². The predicted octanol–water partition coefficient (Wildman–Crippen LogP) is 5.88. The van der Waals surface area contributed by atoms with E-state index in [9.17, 15) is 4.79 Å². The molecule has 0 aliphatic rings. The molecule has 1 amide bonds. The lowest BCUT2D eigenvalue weighted by molar-refractivity contribution is 0.0950. The Morgan fingerprint density at radius 3 is 2.47 bits per heavy atom. The van der Waals surface area contributed by atoms with Crippen molar-refractivity contribution in [3.05, 3.63) is 89.2 Å². The standard InChI is InChI=1S/C30H35N3O3/c1-22-12-11-13-23(2)29(22)36-21-20-33-26-16-8-7-15-25(26)32-28(33)18-5-4-10-19-31-30(34)24-14-6-9-17-27(24)35-3/h6-9,11-17H,4-5,10,18-21H2,1-3H3,(H,31,34). The predicted molar refractivity (Wildman–Crippen MR) is 144 cm³/mol. The second-order valence-corrected chi connectivity index (χ2v) is 9.00. The third-order valence-electron chi connectivity index (χ3n) is 6.42. The highest BCUT2D eigenvalue weighted by Gasteiger charge is 2.12. The molecule has 0 atom stereocenters. The zero-order valence-electron chi connectivity index (χ0n) is 21.4. The third kappa shape index (κ3) is 6.06. The van der Waals surface area contributed by atoms with Gasteiger partial charge in [0.1, 0.15) is 23.9 Å². The first-order valence-corrected chi connectivity index (χ1v) is 12.6. The van der Waals surface area contributed by atoms with Crippen LogP contribution in [0.25, 0.3) is 11.0 Å². The van der Waals surface area contributed by atoms with E-state index in [1.165, 1.54) is 0 Å². The average molecular weight is 486 g/mol. The van der Waals surface area contributed by atoms with Gasteiger partial charge in [-0.3, -0.25) is 4.79 Å². The summed E-state index contributed by atoms with van der Waals surface area (Å²) < 4.78 is 13.7. The van der Waals surface area contributed by atoms with Crippen molar-refractivity contribution < 1.29 is 14.3 Å². The first-order chi connectivity index (χ1) is 17.6. The summed E-state index contributed by atoms with van der Waals surface area (Å²) in [5.74, 6) is 2.55. The molecule has 1 aromatic heterocycles. The van der Waals surface area contributed by atoms with Crippen molar-refractivity contribution in [1.82, 2.24) is 14.9 Å². The van der Waals surface area contributed by atoms with E-state index < -0.39 is 0 Å². The highest BCUT2D eigenvalue weighted by atomic mass is 16.5. The molecule has 4 aromatic rings. The van der Waals surface area contributed by atoms with Gasteiger partial charge in [0.05, 0.1) is 30.3 Å². The second kappa shape index (κ2) is 12.2. The number of fused-ring (bicyclic) bond motifs is 1. The van der Waals surface area contributed by atoms with Crippen molar-refractivity contribution in [3.8, 4) is 11.5 Å². The fourth-order valence-electron chi connectivity index (χ4n) is 4.55. The Hall–Kier alpha value is -3.80. The number of nitrogens with zero attached hydrogens (tertiary/aromatic N) is 2. The molecular formula is C30H35N3O3. The van der Waals surface area contributed by atoms with Crippen molar-refractivity contribution in [3.63, 3.8) is 0 Å². The smallest absolute Gasteiger partial charge is 0.255 e. The van der Waals surface area contributed by atoms with Crippen LogP contribution in [-0.2, 0) is 13.0 Å². The number of ether oxygens (including phenoxy) is 2. The molecule has 1 heterocycles. The number of carbonyl (C=O) groups excluding carboxylic acids is 1. The minimum Gasteiger partial charge on any atom is -0.496 e. The highest BCUT2D eigenvalue weighted by molar-refractivity contribution is 5.96. The summed E-state index contributed by atoms with van der Waals surface area (Å²) in [4.78, 5) is 17.4. The summed E-state index contributed by atoms with van der Waals surface area (Å²) >= 11 is 0. The summed E-state index contributed by atoms with van der Waals surface area (Å²) in [6, 6.07) is 21.8. The van der Waals surface area contributed by atoms with Gasteiger partial charge < -0.3 is 19.4 Å². The number of aromatic nitrogens is 2. The maximum absolute atomic E-state index is 12.5. The van der Waals surface area contributed by atoms with Gasteiger partial charge in [0.2, 0.25) is 0 Å². The summed E-state index contributed by atoms with van der Waals surface area (Å²) in [6.07, 6.45) is 3.81. The van der Waals surface area contributed by atoms with Crippen LogP contribution < -0.4 is 14.8 Å². The van der Waals surface area contributed by atoms with E-state index in [2.05, 4.69) is 60.1 Å².